The number of pyridine rings is 2. The molecule has 2 heterocycles. The minimum absolute atomic E-state index is 0.0580. The molecule has 2 aromatic heterocycles. The van der Waals surface area contributed by atoms with Crippen LogP contribution in [0.1, 0.15) is 41.8 Å². The zero-order valence-electron chi connectivity index (χ0n) is 16.5. The van der Waals surface area contributed by atoms with Gasteiger partial charge >= 0.3 is 0 Å². The average Bonchev–Trinajstić information content (AvgIpc) is 3.60. The predicted octanol–water partition coefficient (Wildman–Crippen LogP) is 3.80. The number of rotatable bonds is 6. The van der Waals surface area contributed by atoms with Crippen molar-refractivity contribution in [2.45, 2.75) is 25.9 Å². The first-order valence-electron chi connectivity index (χ1n) is 9.82. The second-order valence-electron chi connectivity index (χ2n) is 7.37. The van der Waals surface area contributed by atoms with Crippen LogP contribution in [0.4, 0.5) is 11.5 Å². The van der Waals surface area contributed by atoms with Crippen LogP contribution in [0.25, 0.3) is 11.1 Å². The van der Waals surface area contributed by atoms with Crippen LogP contribution in [-0.2, 0) is 4.79 Å². The second-order valence-corrected chi connectivity index (χ2v) is 7.37. The summed E-state index contributed by atoms with van der Waals surface area (Å²) in [6.45, 7) is 1.71. The van der Waals surface area contributed by atoms with E-state index >= 15 is 0 Å². The van der Waals surface area contributed by atoms with Gasteiger partial charge in [-0.05, 0) is 49.1 Å². The molecule has 4 rings (SSSR count). The molecule has 0 bridgehead atoms. The summed E-state index contributed by atoms with van der Waals surface area (Å²) in [6.07, 6.45) is 5.91. The molecule has 1 unspecified atom stereocenters. The molecule has 1 aliphatic carbocycles. The van der Waals surface area contributed by atoms with Gasteiger partial charge in [0.2, 0.25) is 5.91 Å². The normalized spacial score (nSPS) is 14.1. The third kappa shape index (κ3) is 4.52. The fourth-order valence-corrected chi connectivity index (χ4v) is 3.20. The fraction of sp³-hybridized carbons (Fsp3) is 0.217. The monoisotopic (exact) mass is 402 g/mol. The number of nitrogens with one attached hydrogen (secondary N) is 2. The van der Waals surface area contributed by atoms with Crippen molar-refractivity contribution in [3.05, 3.63) is 72.2 Å². The fourth-order valence-electron chi connectivity index (χ4n) is 3.20. The van der Waals surface area contributed by atoms with Gasteiger partial charge in [-0.15, -0.1) is 0 Å². The van der Waals surface area contributed by atoms with Crippen LogP contribution < -0.4 is 10.6 Å². The Balaban J connectivity index is 1.52. The number of amides is 2. The standard InChI is InChI=1S/C23H22N4O3/c1-14(28)19-4-2-3-5-20(19)17-10-18(13-24-12-17)26-23(30)16-8-9-25-21(11-16)27-22(29)15-6-7-15/h2-5,8-15,28H,6-7H2,1H3,(H,26,30)(H,25,27,29). The summed E-state index contributed by atoms with van der Waals surface area (Å²) >= 11 is 0. The van der Waals surface area contributed by atoms with Gasteiger partial charge in [0.15, 0.2) is 0 Å². The topological polar surface area (TPSA) is 104 Å². The molecule has 1 aliphatic rings. The van der Waals surface area contributed by atoms with E-state index < -0.39 is 6.10 Å². The van der Waals surface area contributed by atoms with E-state index in [2.05, 4.69) is 20.6 Å². The molecule has 30 heavy (non-hydrogen) atoms. The van der Waals surface area contributed by atoms with Gasteiger partial charge in [0.1, 0.15) is 5.82 Å². The Bertz CT molecular complexity index is 1090. The number of nitrogens with zero attached hydrogens (tertiary/aromatic N) is 2. The number of aliphatic hydroxyl groups excluding tert-OH is 1. The number of carbonyl (C=O) groups excluding carboxylic acids is 2. The number of aliphatic hydroxyl groups is 1. The van der Waals surface area contributed by atoms with Gasteiger partial charge in [0, 0.05) is 29.4 Å². The number of carbonyl (C=O) groups is 2. The Hall–Kier alpha value is -3.58. The highest BCUT2D eigenvalue weighted by atomic mass is 16.3. The van der Waals surface area contributed by atoms with E-state index in [1.807, 2.05) is 30.3 Å². The lowest BCUT2D eigenvalue weighted by molar-refractivity contribution is -0.117. The molecule has 1 aromatic carbocycles. The summed E-state index contributed by atoms with van der Waals surface area (Å²) in [6, 6.07) is 12.5. The van der Waals surface area contributed by atoms with Gasteiger partial charge in [-0.25, -0.2) is 4.98 Å². The Morgan fingerprint density at radius 1 is 1.10 bits per heavy atom. The van der Waals surface area contributed by atoms with Crippen molar-refractivity contribution in [1.82, 2.24) is 9.97 Å². The van der Waals surface area contributed by atoms with Gasteiger partial charge < -0.3 is 15.7 Å². The molecule has 1 saturated carbocycles. The third-order valence-corrected chi connectivity index (χ3v) is 4.94. The number of hydrogen-bond acceptors (Lipinski definition) is 5. The SMILES string of the molecule is CC(O)c1ccccc1-c1cncc(NC(=O)c2ccnc(NC(=O)C3CC3)c2)c1. The highest BCUT2D eigenvalue weighted by Crippen LogP contribution is 2.30. The van der Waals surface area contributed by atoms with Crippen LogP contribution in [0.15, 0.2) is 61.1 Å². The largest absolute Gasteiger partial charge is 0.389 e. The van der Waals surface area contributed by atoms with Crippen molar-refractivity contribution >= 4 is 23.3 Å². The van der Waals surface area contributed by atoms with Gasteiger partial charge in [0.05, 0.1) is 18.0 Å². The number of anilines is 2. The van der Waals surface area contributed by atoms with Crippen LogP contribution in [0.5, 0.6) is 0 Å². The van der Waals surface area contributed by atoms with Gasteiger partial charge in [-0.2, -0.15) is 0 Å². The van der Waals surface area contributed by atoms with E-state index in [0.717, 1.165) is 29.5 Å². The first-order valence-corrected chi connectivity index (χ1v) is 9.82. The molecule has 7 heteroatoms. The smallest absolute Gasteiger partial charge is 0.255 e. The zero-order chi connectivity index (χ0) is 21.1. The minimum atomic E-state index is -0.625. The number of aromatic nitrogens is 2. The number of hydrogen-bond donors (Lipinski definition) is 3. The van der Waals surface area contributed by atoms with Crippen molar-refractivity contribution in [2.24, 2.45) is 5.92 Å². The first kappa shape index (κ1) is 19.7. The van der Waals surface area contributed by atoms with Gasteiger partial charge in [-0.1, -0.05) is 24.3 Å². The Kier molecular flexibility index (Phi) is 5.54. The maximum absolute atomic E-state index is 12.7. The lowest BCUT2D eigenvalue weighted by Gasteiger charge is -2.13. The highest BCUT2D eigenvalue weighted by molar-refractivity contribution is 6.05. The molecule has 3 aromatic rings. The molecule has 7 nitrogen and oxygen atoms in total. The maximum Gasteiger partial charge on any atom is 0.255 e. The lowest BCUT2D eigenvalue weighted by Crippen LogP contribution is -2.16. The molecular weight excluding hydrogens is 380 g/mol. The van der Waals surface area contributed by atoms with Crippen molar-refractivity contribution in [2.75, 3.05) is 10.6 Å². The van der Waals surface area contributed by atoms with Crippen molar-refractivity contribution < 1.29 is 14.7 Å². The lowest BCUT2D eigenvalue weighted by atomic mass is 9.98. The second kappa shape index (κ2) is 8.42. The summed E-state index contributed by atoms with van der Waals surface area (Å²) in [7, 11) is 0. The third-order valence-electron chi connectivity index (χ3n) is 4.94. The molecule has 0 radical (unpaired) electrons. The summed E-state index contributed by atoms with van der Waals surface area (Å²) in [4.78, 5) is 33.0. The van der Waals surface area contributed by atoms with E-state index in [0.29, 0.717) is 17.1 Å². The van der Waals surface area contributed by atoms with Crippen LogP contribution in [0, 0.1) is 5.92 Å². The maximum atomic E-state index is 12.7. The molecule has 152 valence electrons. The molecule has 0 saturated heterocycles. The van der Waals surface area contributed by atoms with E-state index in [-0.39, 0.29) is 17.7 Å². The van der Waals surface area contributed by atoms with E-state index in [1.54, 1.807) is 31.5 Å². The molecule has 0 aliphatic heterocycles. The summed E-state index contributed by atoms with van der Waals surface area (Å²) in [5, 5.41) is 15.6. The van der Waals surface area contributed by atoms with E-state index in [1.165, 1.54) is 6.20 Å². The van der Waals surface area contributed by atoms with Crippen molar-refractivity contribution in [3.63, 3.8) is 0 Å². The Labute approximate surface area is 174 Å². The molecule has 2 amide bonds. The Morgan fingerprint density at radius 3 is 2.67 bits per heavy atom. The van der Waals surface area contributed by atoms with Crippen molar-refractivity contribution in [1.29, 1.82) is 0 Å². The van der Waals surface area contributed by atoms with Gasteiger partial charge in [0.25, 0.3) is 5.91 Å². The molecule has 1 atom stereocenters. The van der Waals surface area contributed by atoms with Gasteiger partial charge in [-0.3, -0.25) is 14.6 Å². The van der Waals surface area contributed by atoms with Crippen LogP contribution >= 0.6 is 0 Å². The predicted molar refractivity (Wildman–Crippen MR) is 114 cm³/mol. The summed E-state index contributed by atoms with van der Waals surface area (Å²) < 4.78 is 0. The number of benzene rings is 1. The molecular formula is C23H22N4O3. The first-order chi connectivity index (χ1) is 14.5. The van der Waals surface area contributed by atoms with Crippen molar-refractivity contribution in [3.8, 4) is 11.1 Å². The highest BCUT2D eigenvalue weighted by Gasteiger charge is 2.29. The Morgan fingerprint density at radius 2 is 1.90 bits per heavy atom. The van der Waals surface area contributed by atoms with E-state index in [4.69, 9.17) is 0 Å². The zero-order valence-corrected chi connectivity index (χ0v) is 16.5. The van der Waals surface area contributed by atoms with Crippen LogP contribution in [0.2, 0.25) is 0 Å². The van der Waals surface area contributed by atoms with E-state index in [9.17, 15) is 14.7 Å². The molecule has 0 spiro atoms. The quantitative estimate of drug-likeness (QED) is 0.582. The molecule has 3 N–H and O–H groups in total. The molecule has 1 fully saturated rings. The summed E-state index contributed by atoms with van der Waals surface area (Å²) in [5.41, 5.74) is 3.33. The van der Waals surface area contributed by atoms with Crippen LogP contribution in [-0.4, -0.2) is 26.9 Å². The van der Waals surface area contributed by atoms with Crippen LogP contribution in [0.3, 0.4) is 0 Å². The average molecular weight is 402 g/mol. The minimum Gasteiger partial charge on any atom is -0.389 e. The summed E-state index contributed by atoms with van der Waals surface area (Å²) in [5.74, 6) is 0.0238.